The number of hydrogen-bond acceptors (Lipinski definition) is 3. The van der Waals surface area contributed by atoms with Gasteiger partial charge in [0.2, 0.25) is 0 Å². The lowest BCUT2D eigenvalue weighted by molar-refractivity contribution is 0.0999. The molecule has 1 fully saturated rings. The molecule has 0 atom stereocenters. The average Bonchev–Trinajstić information content (AvgIpc) is 3.30. The number of fused-ring (bicyclic) bond motifs is 2. The molecule has 32 heavy (non-hydrogen) atoms. The molecule has 3 aromatic rings. The summed E-state index contributed by atoms with van der Waals surface area (Å²) in [7, 11) is 0. The normalized spacial score (nSPS) is 15.2. The number of carbonyl (C=O) groups excluding carboxylic acids is 1. The monoisotopic (exact) mass is 424 g/mol. The molecule has 0 aliphatic carbocycles. The van der Waals surface area contributed by atoms with Crippen molar-refractivity contribution in [3.63, 3.8) is 0 Å². The van der Waals surface area contributed by atoms with Gasteiger partial charge in [-0.05, 0) is 79.9 Å². The largest absolute Gasteiger partial charge is 0.494 e. The predicted octanol–water partition coefficient (Wildman–Crippen LogP) is 6.01. The molecule has 2 heterocycles. The lowest BCUT2D eigenvalue weighted by Crippen LogP contribution is -2.26. The molecule has 0 aromatic heterocycles. The van der Waals surface area contributed by atoms with Crippen LogP contribution in [0.2, 0.25) is 0 Å². The van der Waals surface area contributed by atoms with Crippen molar-refractivity contribution >= 4 is 29.4 Å². The standard InChI is InChI=1S/C28H28N2O2/c31-28(24-14-16-25(17-15-24)32-21-7-20-29-18-5-6-19-29)30-26-10-3-1-8-22(26)12-13-23-9-2-4-11-27(23)30/h1-4,8-17H,5-7,18-21H2. The predicted molar refractivity (Wildman–Crippen MR) is 131 cm³/mol. The van der Waals surface area contributed by atoms with Crippen LogP contribution >= 0.6 is 0 Å². The summed E-state index contributed by atoms with van der Waals surface area (Å²) in [6.07, 6.45) is 7.80. The Morgan fingerprint density at radius 3 is 2.00 bits per heavy atom. The summed E-state index contributed by atoms with van der Waals surface area (Å²) < 4.78 is 5.92. The lowest BCUT2D eigenvalue weighted by Gasteiger charge is -2.25. The van der Waals surface area contributed by atoms with E-state index in [-0.39, 0.29) is 5.91 Å². The number of para-hydroxylation sites is 2. The van der Waals surface area contributed by atoms with Crippen molar-refractivity contribution in [1.82, 2.24) is 4.90 Å². The highest BCUT2D eigenvalue weighted by Gasteiger charge is 2.24. The van der Waals surface area contributed by atoms with Gasteiger partial charge in [-0.15, -0.1) is 0 Å². The van der Waals surface area contributed by atoms with Crippen LogP contribution in [0.25, 0.3) is 12.2 Å². The van der Waals surface area contributed by atoms with Crippen molar-refractivity contribution in [2.75, 3.05) is 31.1 Å². The van der Waals surface area contributed by atoms with Crippen molar-refractivity contribution in [2.45, 2.75) is 19.3 Å². The Morgan fingerprint density at radius 2 is 1.38 bits per heavy atom. The molecule has 2 aliphatic heterocycles. The van der Waals surface area contributed by atoms with Gasteiger partial charge in [-0.1, -0.05) is 48.6 Å². The van der Waals surface area contributed by atoms with Gasteiger partial charge in [0.1, 0.15) is 5.75 Å². The van der Waals surface area contributed by atoms with E-state index < -0.39 is 0 Å². The Bertz CT molecular complexity index is 1060. The van der Waals surface area contributed by atoms with Crippen LogP contribution in [-0.2, 0) is 0 Å². The average molecular weight is 425 g/mol. The summed E-state index contributed by atoms with van der Waals surface area (Å²) >= 11 is 0. The van der Waals surface area contributed by atoms with Gasteiger partial charge in [0.25, 0.3) is 5.91 Å². The van der Waals surface area contributed by atoms with E-state index in [0.29, 0.717) is 12.2 Å². The molecule has 0 saturated carbocycles. The molecule has 1 amide bonds. The lowest BCUT2D eigenvalue weighted by atomic mass is 10.1. The Morgan fingerprint density at radius 1 is 0.781 bits per heavy atom. The number of likely N-dealkylation sites (tertiary alicyclic amines) is 1. The number of anilines is 2. The number of rotatable bonds is 6. The van der Waals surface area contributed by atoms with E-state index in [2.05, 4.69) is 17.1 Å². The molecule has 3 aromatic carbocycles. The van der Waals surface area contributed by atoms with Gasteiger partial charge < -0.3 is 9.64 Å². The first-order valence-corrected chi connectivity index (χ1v) is 11.5. The maximum atomic E-state index is 13.6. The zero-order valence-electron chi connectivity index (χ0n) is 18.2. The van der Waals surface area contributed by atoms with Crippen LogP contribution in [0.1, 0.15) is 40.7 Å². The Labute approximate surface area is 189 Å². The Hall–Kier alpha value is -3.37. The minimum Gasteiger partial charge on any atom is -0.494 e. The smallest absolute Gasteiger partial charge is 0.262 e. The Balaban J connectivity index is 1.32. The zero-order valence-corrected chi connectivity index (χ0v) is 18.2. The van der Waals surface area contributed by atoms with E-state index in [4.69, 9.17) is 4.74 Å². The van der Waals surface area contributed by atoms with Crippen LogP contribution in [0.3, 0.4) is 0 Å². The highest BCUT2D eigenvalue weighted by atomic mass is 16.5. The van der Waals surface area contributed by atoms with E-state index in [9.17, 15) is 4.79 Å². The summed E-state index contributed by atoms with van der Waals surface area (Å²) in [6, 6.07) is 23.5. The van der Waals surface area contributed by atoms with Crippen LogP contribution in [0.5, 0.6) is 5.75 Å². The van der Waals surface area contributed by atoms with Gasteiger partial charge in [0.15, 0.2) is 0 Å². The van der Waals surface area contributed by atoms with Crippen LogP contribution < -0.4 is 9.64 Å². The Kier molecular flexibility index (Phi) is 6.04. The fourth-order valence-electron chi connectivity index (χ4n) is 4.50. The molecule has 4 nitrogen and oxygen atoms in total. The fraction of sp³-hybridized carbons (Fsp3) is 0.250. The second-order valence-electron chi connectivity index (χ2n) is 8.37. The van der Waals surface area contributed by atoms with Gasteiger partial charge >= 0.3 is 0 Å². The first-order valence-electron chi connectivity index (χ1n) is 11.5. The first kappa shape index (κ1) is 20.5. The second-order valence-corrected chi connectivity index (χ2v) is 8.37. The molecule has 0 spiro atoms. The molecular weight excluding hydrogens is 396 g/mol. The minimum atomic E-state index is -0.0471. The van der Waals surface area contributed by atoms with E-state index >= 15 is 0 Å². The molecule has 1 saturated heterocycles. The molecule has 0 unspecified atom stereocenters. The summed E-state index contributed by atoms with van der Waals surface area (Å²) in [6.45, 7) is 4.23. The van der Waals surface area contributed by atoms with Crippen molar-refractivity contribution in [1.29, 1.82) is 0 Å². The highest BCUT2D eigenvalue weighted by molar-refractivity contribution is 6.14. The van der Waals surface area contributed by atoms with Gasteiger partial charge in [-0.2, -0.15) is 0 Å². The number of ether oxygens (including phenoxy) is 1. The summed E-state index contributed by atoms with van der Waals surface area (Å²) in [4.78, 5) is 18.0. The van der Waals surface area contributed by atoms with Crippen molar-refractivity contribution in [3.8, 4) is 5.75 Å². The SMILES string of the molecule is O=C(c1ccc(OCCCN2CCCC2)cc1)N1c2ccccc2C=Cc2ccccc21. The molecule has 5 rings (SSSR count). The second kappa shape index (κ2) is 9.41. The maximum absolute atomic E-state index is 13.6. The van der Waals surface area contributed by atoms with Crippen molar-refractivity contribution in [3.05, 3.63) is 89.5 Å². The first-order chi connectivity index (χ1) is 15.8. The van der Waals surface area contributed by atoms with Crippen molar-refractivity contribution in [2.24, 2.45) is 0 Å². The third-order valence-corrected chi connectivity index (χ3v) is 6.19. The van der Waals surface area contributed by atoms with Crippen molar-refractivity contribution < 1.29 is 9.53 Å². The van der Waals surface area contributed by atoms with Crippen LogP contribution in [0, 0.1) is 0 Å². The topological polar surface area (TPSA) is 32.8 Å². The fourth-order valence-corrected chi connectivity index (χ4v) is 4.50. The van der Waals surface area contributed by atoms with Crippen LogP contribution in [0.4, 0.5) is 11.4 Å². The number of amides is 1. The number of carbonyl (C=O) groups is 1. The number of hydrogen-bond donors (Lipinski definition) is 0. The third-order valence-electron chi connectivity index (χ3n) is 6.19. The van der Waals surface area contributed by atoms with Gasteiger partial charge in [-0.3, -0.25) is 9.69 Å². The summed E-state index contributed by atoms with van der Waals surface area (Å²) in [5.74, 6) is 0.760. The van der Waals surface area contributed by atoms with E-state index in [1.165, 1.54) is 25.9 Å². The molecule has 0 N–H and O–H groups in total. The molecule has 162 valence electrons. The summed E-state index contributed by atoms with van der Waals surface area (Å²) in [5.41, 5.74) is 4.47. The molecular formula is C28H28N2O2. The molecule has 4 heteroatoms. The van der Waals surface area contributed by atoms with Crippen LogP contribution in [-0.4, -0.2) is 37.0 Å². The highest BCUT2D eigenvalue weighted by Crippen LogP contribution is 2.37. The van der Waals surface area contributed by atoms with E-state index in [1.54, 1.807) is 0 Å². The number of benzene rings is 3. The third kappa shape index (κ3) is 4.32. The molecule has 0 bridgehead atoms. The van der Waals surface area contributed by atoms with Gasteiger partial charge in [0.05, 0.1) is 18.0 Å². The quantitative estimate of drug-likeness (QED) is 0.454. The van der Waals surface area contributed by atoms with Crippen LogP contribution in [0.15, 0.2) is 72.8 Å². The number of nitrogens with zero attached hydrogens (tertiary/aromatic N) is 2. The molecule has 0 radical (unpaired) electrons. The summed E-state index contributed by atoms with van der Waals surface area (Å²) in [5, 5.41) is 0. The van der Waals surface area contributed by atoms with E-state index in [0.717, 1.165) is 41.2 Å². The van der Waals surface area contributed by atoms with E-state index in [1.807, 2.05) is 77.7 Å². The van der Waals surface area contributed by atoms with Gasteiger partial charge in [0, 0.05) is 12.1 Å². The minimum absolute atomic E-state index is 0.0471. The molecule has 2 aliphatic rings. The maximum Gasteiger partial charge on any atom is 0.262 e. The van der Waals surface area contributed by atoms with Gasteiger partial charge in [-0.25, -0.2) is 0 Å². The zero-order chi connectivity index (χ0) is 21.8.